The van der Waals surface area contributed by atoms with Gasteiger partial charge in [-0.1, -0.05) is 6.92 Å². The van der Waals surface area contributed by atoms with Gasteiger partial charge >= 0.3 is 0 Å². The third kappa shape index (κ3) is 2.44. The summed E-state index contributed by atoms with van der Waals surface area (Å²) in [4.78, 5) is 2.69. The normalized spacial score (nSPS) is 40.3. The molecule has 0 saturated carbocycles. The fraction of sp³-hybridized carbons (Fsp3) is 1.00. The molecule has 82 valence electrons. The van der Waals surface area contributed by atoms with Gasteiger partial charge in [-0.2, -0.15) is 11.8 Å². The SMILES string of the molecule is CC1CC(N2CCCC(CN)C2)CS1. The van der Waals surface area contributed by atoms with E-state index in [0.29, 0.717) is 0 Å². The van der Waals surface area contributed by atoms with Crippen molar-refractivity contribution >= 4 is 11.8 Å². The van der Waals surface area contributed by atoms with Crippen molar-refractivity contribution in [3.8, 4) is 0 Å². The van der Waals surface area contributed by atoms with Gasteiger partial charge in [0.2, 0.25) is 0 Å². The number of rotatable bonds is 2. The van der Waals surface area contributed by atoms with Crippen molar-refractivity contribution in [2.45, 2.75) is 37.5 Å². The maximum Gasteiger partial charge on any atom is 0.0197 e. The smallest absolute Gasteiger partial charge is 0.0197 e. The molecular formula is C11H22N2S. The zero-order valence-corrected chi connectivity index (χ0v) is 9.93. The minimum Gasteiger partial charge on any atom is -0.330 e. The molecule has 0 amide bonds. The van der Waals surface area contributed by atoms with Crippen LogP contribution < -0.4 is 5.73 Å². The van der Waals surface area contributed by atoms with E-state index in [0.717, 1.165) is 23.8 Å². The van der Waals surface area contributed by atoms with Gasteiger partial charge in [-0.05, 0) is 38.3 Å². The molecular weight excluding hydrogens is 192 g/mol. The lowest BCUT2D eigenvalue weighted by atomic mass is 9.96. The molecule has 0 bridgehead atoms. The number of hydrogen-bond acceptors (Lipinski definition) is 3. The Morgan fingerprint density at radius 2 is 2.36 bits per heavy atom. The van der Waals surface area contributed by atoms with Crippen molar-refractivity contribution in [1.29, 1.82) is 0 Å². The first-order valence-electron chi connectivity index (χ1n) is 5.85. The molecule has 2 rings (SSSR count). The molecule has 0 aromatic rings. The van der Waals surface area contributed by atoms with Gasteiger partial charge in [-0.3, -0.25) is 4.90 Å². The highest BCUT2D eigenvalue weighted by Crippen LogP contribution is 2.31. The highest BCUT2D eigenvalue weighted by atomic mass is 32.2. The van der Waals surface area contributed by atoms with Gasteiger partial charge in [0.1, 0.15) is 0 Å². The monoisotopic (exact) mass is 214 g/mol. The number of piperidine rings is 1. The lowest BCUT2D eigenvalue weighted by Gasteiger charge is -2.36. The molecule has 2 aliphatic heterocycles. The lowest BCUT2D eigenvalue weighted by molar-refractivity contribution is 0.135. The Labute approximate surface area is 91.6 Å². The first-order valence-corrected chi connectivity index (χ1v) is 6.90. The van der Waals surface area contributed by atoms with Gasteiger partial charge in [0.25, 0.3) is 0 Å². The molecule has 3 unspecified atom stereocenters. The van der Waals surface area contributed by atoms with Crippen LogP contribution in [0.4, 0.5) is 0 Å². The van der Waals surface area contributed by atoms with E-state index in [1.165, 1.54) is 38.1 Å². The molecule has 0 aromatic heterocycles. The Kier molecular flexibility index (Phi) is 3.74. The summed E-state index contributed by atoms with van der Waals surface area (Å²) in [6, 6.07) is 0.851. The van der Waals surface area contributed by atoms with Crippen molar-refractivity contribution < 1.29 is 0 Å². The second-order valence-corrected chi connectivity index (χ2v) is 6.24. The van der Waals surface area contributed by atoms with Gasteiger partial charge in [0.05, 0.1) is 0 Å². The predicted octanol–water partition coefficient (Wildman–Crippen LogP) is 1.55. The Morgan fingerprint density at radius 3 is 3.00 bits per heavy atom. The zero-order chi connectivity index (χ0) is 9.97. The number of likely N-dealkylation sites (tertiary alicyclic amines) is 1. The van der Waals surface area contributed by atoms with E-state index in [9.17, 15) is 0 Å². The maximum absolute atomic E-state index is 5.76. The molecule has 0 aromatic carbocycles. The average molecular weight is 214 g/mol. The molecule has 2 N–H and O–H groups in total. The summed E-state index contributed by atoms with van der Waals surface area (Å²) in [6.45, 7) is 5.81. The molecule has 2 aliphatic rings. The second-order valence-electron chi connectivity index (χ2n) is 4.77. The first-order chi connectivity index (χ1) is 6.79. The lowest BCUT2D eigenvalue weighted by Crippen LogP contribution is -2.44. The van der Waals surface area contributed by atoms with Gasteiger partial charge in [0, 0.05) is 23.6 Å². The summed E-state index contributed by atoms with van der Waals surface area (Å²) in [5.74, 6) is 2.11. The van der Waals surface area contributed by atoms with E-state index in [2.05, 4.69) is 23.6 Å². The molecule has 2 fully saturated rings. The summed E-state index contributed by atoms with van der Waals surface area (Å²) in [5.41, 5.74) is 5.76. The van der Waals surface area contributed by atoms with E-state index in [1.807, 2.05) is 0 Å². The molecule has 14 heavy (non-hydrogen) atoms. The largest absolute Gasteiger partial charge is 0.330 e. The highest BCUT2D eigenvalue weighted by Gasteiger charge is 2.30. The summed E-state index contributed by atoms with van der Waals surface area (Å²) < 4.78 is 0. The highest BCUT2D eigenvalue weighted by molar-refractivity contribution is 8.00. The summed E-state index contributed by atoms with van der Waals surface area (Å²) in [5, 5.41) is 0.873. The van der Waals surface area contributed by atoms with Crippen molar-refractivity contribution in [3.05, 3.63) is 0 Å². The van der Waals surface area contributed by atoms with Crippen molar-refractivity contribution in [2.24, 2.45) is 11.7 Å². The van der Waals surface area contributed by atoms with Crippen LogP contribution in [0.15, 0.2) is 0 Å². The van der Waals surface area contributed by atoms with Crippen LogP contribution in [0.3, 0.4) is 0 Å². The second kappa shape index (κ2) is 4.86. The van der Waals surface area contributed by atoms with Crippen molar-refractivity contribution in [1.82, 2.24) is 4.90 Å². The van der Waals surface area contributed by atoms with E-state index in [4.69, 9.17) is 5.73 Å². The Morgan fingerprint density at radius 1 is 1.50 bits per heavy atom. The van der Waals surface area contributed by atoms with Gasteiger partial charge in [0.15, 0.2) is 0 Å². The van der Waals surface area contributed by atoms with Gasteiger partial charge in [-0.25, -0.2) is 0 Å². The van der Waals surface area contributed by atoms with E-state index in [1.54, 1.807) is 0 Å². The van der Waals surface area contributed by atoms with Gasteiger partial charge < -0.3 is 5.73 Å². The Balaban J connectivity index is 1.84. The van der Waals surface area contributed by atoms with Gasteiger partial charge in [-0.15, -0.1) is 0 Å². The van der Waals surface area contributed by atoms with E-state index >= 15 is 0 Å². The minimum absolute atomic E-state index is 0.768. The third-order valence-electron chi connectivity index (χ3n) is 3.58. The fourth-order valence-electron chi connectivity index (χ4n) is 2.67. The van der Waals surface area contributed by atoms with E-state index < -0.39 is 0 Å². The number of thioether (sulfide) groups is 1. The van der Waals surface area contributed by atoms with Crippen LogP contribution in [0.2, 0.25) is 0 Å². The first kappa shape index (κ1) is 10.8. The van der Waals surface area contributed by atoms with Crippen LogP contribution in [0.1, 0.15) is 26.2 Å². The molecule has 0 aliphatic carbocycles. The Bertz CT molecular complexity index is 186. The third-order valence-corrected chi connectivity index (χ3v) is 4.92. The van der Waals surface area contributed by atoms with Crippen molar-refractivity contribution in [3.63, 3.8) is 0 Å². The molecule has 0 radical (unpaired) electrons. The average Bonchev–Trinajstić information content (AvgIpc) is 2.65. The summed E-state index contributed by atoms with van der Waals surface area (Å²) >= 11 is 2.13. The van der Waals surface area contributed by atoms with Crippen LogP contribution in [0.25, 0.3) is 0 Å². The Hall–Kier alpha value is 0.270. The fourth-order valence-corrected chi connectivity index (χ4v) is 3.93. The topological polar surface area (TPSA) is 29.3 Å². The molecule has 0 spiro atoms. The summed E-state index contributed by atoms with van der Waals surface area (Å²) in [7, 11) is 0. The molecule has 3 heteroatoms. The minimum atomic E-state index is 0.768. The standard InChI is InChI=1S/C11H22N2S/c1-9-5-11(8-14-9)13-4-2-3-10(6-12)7-13/h9-11H,2-8,12H2,1H3. The zero-order valence-electron chi connectivity index (χ0n) is 9.11. The molecule has 2 saturated heterocycles. The molecule has 2 heterocycles. The van der Waals surface area contributed by atoms with Crippen LogP contribution in [-0.4, -0.2) is 41.6 Å². The van der Waals surface area contributed by atoms with Crippen LogP contribution >= 0.6 is 11.8 Å². The van der Waals surface area contributed by atoms with Crippen LogP contribution in [-0.2, 0) is 0 Å². The number of nitrogens with zero attached hydrogens (tertiary/aromatic N) is 1. The van der Waals surface area contributed by atoms with Crippen LogP contribution in [0, 0.1) is 5.92 Å². The number of hydrogen-bond donors (Lipinski definition) is 1. The molecule has 3 atom stereocenters. The number of nitrogens with two attached hydrogens (primary N) is 1. The van der Waals surface area contributed by atoms with E-state index in [-0.39, 0.29) is 0 Å². The predicted molar refractivity (Wildman–Crippen MR) is 63.7 cm³/mol. The molecule has 2 nitrogen and oxygen atoms in total. The van der Waals surface area contributed by atoms with Crippen LogP contribution in [0.5, 0.6) is 0 Å². The quantitative estimate of drug-likeness (QED) is 0.756. The summed E-state index contributed by atoms with van der Waals surface area (Å²) in [6.07, 6.45) is 4.10. The maximum atomic E-state index is 5.76. The van der Waals surface area contributed by atoms with Crippen molar-refractivity contribution in [2.75, 3.05) is 25.4 Å².